The Morgan fingerprint density at radius 2 is 2.07 bits per heavy atom. The number of hydrogen-bond donors (Lipinski definition) is 1. The summed E-state index contributed by atoms with van der Waals surface area (Å²) >= 11 is 0. The molecule has 2 unspecified atom stereocenters. The molecule has 90 valence electrons. The normalized spacial score (nSPS) is 30.6. The zero-order valence-corrected chi connectivity index (χ0v) is 11.1. The number of nitrogens with one attached hydrogen (secondary N) is 1. The van der Waals surface area contributed by atoms with Gasteiger partial charge in [0.05, 0.1) is 0 Å². The van der Waals surface area contributed by atoms with Crippen LogP contribution in [0.1, 0.15) is 66.2 Å². The van der Waals surface area contributed by atoms with E-state index in [0.29, 0.717) is 5.41 Å². The minimum atomic E-state index is 0.615. The first-order chi connectivity index (χ1) is 7.08. The van der Waals surface area contributed by atoms with Gasteiger partial charge in [0.2, 0.25) is 0 Å². The van der Waals surface area contributed by atoms with Crippen LogP contribution < -0.4 is 5.32 Å². The van der Waals surface area contributed by atoms with E-state index in [2.05, 4.69) is 33.0 Å². The van der Waals surface area contributed by atoms with Crippen LogP contribution in [0.4, 0.5) is 0 Å². The van der Waals surface area contributed by atoms with E-state index in [0.717, 1.165) is 12.0 Å². The Morgan fingerprint density at radius 3 is 2.53 bits per heavy atom. The summed E-state index contributed by atoms with van der Waals surface area (Å²) in [5, 5.41) is 3.61. The first-order valence-corrected chi connectivity index (χ1v) is 6.82. The second kappa shape index (κ2) is 5.89. The van der Waals surface area contributed by atoms with Crippen molar-refractivity contribution in [3.63, 3.8) is 0 Å². The number of unbranched alkanes of at least 4 members (excludes halogenated alkanes) is 1. The largest absolute Gasteiger partial charge is 0.313 e. The van der Waals surface area contributed by atoms with E-state index in [1.165, 1.54) is 45.1 Å². The van der Waals surface area contributed by atoms with Gasteiger partial charge in [-0.25, -0.2) is 0 Å². The van der Waals surface area contributed by atoms with Crippen molar-refractivity contribution in [2.45, 2.75) is 72.3 Å². The maximum Gasteiger partial charge on any atom is 0.0133 e. The second-order valence-corrected chi connectivity index (χ2v) is 6.02. The van der Waals surface area contributed by atoms with Crippen molar-refractivity contribution in [1.82, 2.24) is 5.32 Å². The first kappa shape index (κ1) is 13.0. The average molecular weight is 211 g/mol. The molecule has 1 saturated heterocycles. The predicted molar refractivity (Wildman–Crippen MR) is 68.1 cm³/mol. The third-order valence-corrected chi connectivity index (χ3v) is 3.97. The Bertz CT molecular complexity index is 176. The molecule has 0 radical (unpaired) electrons. The molecule has 1 heterocycles. The molecule has 15 heavy (non-hydrogen) atoms. The molecular weight excluding hydrogens is 182 g/mol. The van der Waals surface area contributed by atoms with E-state index in [4.69, 9.17) is 0 Å². The minimum Gasteiger partial charge on any atom is -0.313 e. The van der Waals surface area contributed by atoms with Crippen molar-refractivity contribution in [3.8, 4) is 0 Å². The van der Waals surface area contributed by atoms with Crippen LogP contribution in [0.5, 0.6) is 0 Å². The lowest BCUT2D eigenvalue weighted by Gasteiger charge is -2.49. The Labute approximate surface area is 96.0 Å². The van der Waals surface area contributed by atoms with Gasteiger partial charge in [-0.3, -0.25) is 0 Å². The zero-order chi connectivity index (χ0) is 11.3. The summed E-state index contributed by atoms with van der Waals surface area (Å²) in [6.45, 7) is 10.7. The van der Waals surface area contributed by atoms with Crippen molar-refractivity contribution in [2.75, 3.05) is 6.54 Å². The van der Waals surface area contributed by atoms with Gasteiger partial charge < -0.3 is 5.32 Å². The summed E-state index contributed by atoms with van der Waals surface area (Å²) in [7, 11) is 0. The van der Waals surface area contributed by atoms with Crippen molar-refractivity contribution in [2.24, 2.45) is 11.3 Å². The standard InChI is InChI=1S/C14H29N/c1-5-6-9-13-14(4,11-15-13)10-7-8-12(2)3/h12-13,15H,5-11H2,1-4H3. The van der Waals surface area contributed by atoms with Gasteiger partial charge in [-0.15, -0.1) is 0 Å². The Morgan fingerprint density at radius 1 is 1.33 bits per heavy atom. The highest BCUT2D eigenvalue weighted by Crippen LogP contribution is 2.37. The van der Waals surface area contributed by atoms with Crippen LogP contribution in [-0.4, -0.2) is 12.6 Å². The van der Waals surface area contributed by atoms with Crippen molar-refractivity contribution in [3.05, 3.63) is 0 Å². The molecule has 0 aromatic heterocycles. The van der Waals surface area contributed by atoms with Crippen molar-refractivity contribution < 1.29 is 0 Å². The monoisotopic (exact) mass is 211 g/mol. The van der Waals surface area contributed by atoms with Gasteiger partial charge in [0.25, 0.3) is 0 Å². The molecule has 1 nitrogen and oxygen atoms in total. The van der Waals surface area contributed by atoms with Gasteiger partial charge in [0.15, 0.2) is 0 Å². The molecule has 0 bridgehead atoms. The van der Waals surface area contributed by atoms with Crippen molar-refractivity contribution >= 4 is 0 Å². The molecule has 0 saturated carbocycles. The van der Waals surface area contributed by atoms with Crippen LogP contribution in [0.2, 0.25) is 0 Å². The predicted octanol–water partition coefficient (Wildman–Crippen LogP) is 3.98. The van der Waals surface area contributed by atoms with Gasteiger partial charge in [-0.1, -0.05) is 53.4 Å². The molecule has 1 heteroatoms. The molecule has 1 fully saturated rings. The lowest BCUT2D eigenvalue weighted by atomic mass is 9.70. The summed E-state index contributed by atoms with van der Waals surface area (Å²) in [4.78, 5) is 0. The van der Waals surface area contributed by atoms with Gasteiger partial charge in [0.1, 0.15) is 0 Å². The summed E-state index contributed by atoms with van der Waals surface area (Å²) in [5.74, 6) is 0.871. The van der Waals surface area contributed by atoms with Crippen LogP contribution in [0.15, 0.2) is 0 Å². The van der Waals surface area contributed by atoms with Crippen LogP contribution in [-0.2, 0) is 0 Å². The van der Waals surface area contributed by atoms with E-state index in [9.17, 15) is 0 Å². The number of hydrogen-bond acceptors (Lipinski definition) is 1. The van der Waals surface area contributed by atoms with Gasteiger partial charge >= 0.3 is 0 Å². The molecular formula is C14H29N. The van der Waals surface area contributed by atoms with Crippen LogP contribution in [0, 0.1) is 11.3 Å². The minimum absolute atomic E-state index is 0.615. The van der Waals surface area contributed by atoms with E-state index in [1.54, 1.807) is 0 Å². The fourth-order valence-electron chi connectivity index (χ4n) is 2.63. The molecule has 1 aliphatic heterocycles. The van der Waals surface area contributed by atoms with Gasteiger partial charge in [-0.05, 0) is 24.2 Å². The van der Waals surface area contributed by atoms with Crippen LogP contribution in [0.25, 0.3) is 0 Å². The van der Waals surface area contributed by atoms with E-state index < -0.39 is 0 Å². The Kier molecular flexibility index (Phi) is 5.11. The molecule has 2 atom stereocenters. The fraction of sp³-hybridized carbons (Fsp3) is 1.00. The molecule has 0 aromatic rings. The summed E-state index contributed by atoms with van der Waals surface area (Å²) in [6, 6.07) is 0.810. The molecule has 1 aliphatic rings. The Hall–Kier alpha value is -0.0400. The maximum atomic E-state index is 3.61. The van der Waals surface area contributed by atoms with E-state index >= 15 is 0 Å². The molecule has 1 rings (SSSR count). The highest BCUT2D eigenvalue weighted by Gasteiger charge is 2.40. The summed E-state index contributed by atoms with van der Waals surface area (Å²) in [6.07, 6.45) is 8.34. The maximum absolute atomic E-state index is 3.61. The first-order valence-electron chi connectivity index (χ1n) is 6.82. The topological polar surface area (TPSA) is 12.0 Å². The lowest BCUT2D eigenvalue weighted by molar-refractivity contribution is 0.0796. The molecule has 1 N–H and O–H groups in total. The smallest absolute Gasteiger partial charge is 0.0133 e. The molecule has 0 amide bonds. The number of rotatable bonds is 7. The third kappa shape index (κ3) is 3.79. The fourth-order valence-corrected chi connectivity index (χ4v) is 2.63. The van der Waals surface area contributed by atoms with Crippen molar-refractivity contribution in [1.29, 1.82) is 0 Å². The lowest BCUT2D eigenvalue weighted by Crippen LogP contribution is -2.60. The Balaban J connectivity index is 2.20. The summed E-state index contributed by atoms with van der Waals surface area (Å²) < 4.78 is 0. The second-order valence-electron chi connectivity index (χ2n) is 6.02. The molecule has 0 aliphatic carbocycles. The van der Waals surface area contributed by atoms with E-state index in [-0.39, 0.29) is 0 Å². The molecule has 0 spiro atoms. The average Bonchev–Trinajstić information content (AvgIpc) is 2.16. The highest BCUT2D eigenvalue weighted by atomic mass is 15.0. The zero-order valence-electron chi connectivity index (χ0n) is 11.1. The van der Waals surface area contributed by atoms with E-state index in [1.807, 2.05) is 0 Å². The van der Waals surface area contributed by atoms with Crippen LogP contribution >= 0.6 is 0 Å². The SMILES string of the molecule is CCCCC1NCC1(C)CCCC(C)C. The van der Waals surface area contributed by atoms with Gasteiger partial charge in [-0.2, -0.15) is 0 Å². The van der Waals surface area contributed by atoms with Crippen LogP contribution in [0.3, 0.4) is 0 Å². The third-order valence-electron chi connectivity index (χ3n) is 3.97. The molecule has 0 aromatic carbocycles. The quantitative estimate of drug-likeness (QED) is 0.671. The highest BCUT2D eigenvalue weighted by molar-refractivity contribution is 4.98. The van der Waals surface area contributed by atoms with Gasteiger partial charge in [0, 0.05) is 12.6 Å². The summed E-state index contributed by atoms with van der Waals surface area (Å²) in [5.41, 5.74) is 0.615.